The van der Waals surface area contributed by atoms with Gasteiger partial charge in [-0.15, -0.1) is 0 Å². The molecule has 1 aromatic rings. The lowest BCUT2D eigenvalue weighted by atomic mass is 9.84. The van der Waals surface area contributed by atoms with Crippen LogP contribution in [0.4, 0.5) is 0 Å². The number of fused-ring (bicyclic) bond motifs is 2. The Bertz CT molecular complexity index is 781. The van der Waals surface area contributed by atoms with Crippen LogP contribution in [0, 0.1) is 17.8 Å². The van der Waals surface area contributed by atoms with Gasteiger partial charge in [-0.25, -0.2) is 13.1 Å². The Balaban J connectivity index is 1.99. The van der Waals surface area contributed by atoms with Gasteiger partial charge in [0.25, 0.3) is 0 Å². The maximum atomic E-state index is 13.6. The van der Waals surface area contributed by atoms with Crippen LogP contribution in [-0.4, -0.2) is 14.5 Å². The molecule has 2 aliphatic rings. The first-order valence-electron chi connectivity index (χ1n) is 11.2. The van der Waals surface area contributed by atoms with E-state index in [-0.39, 0.29) is 17.9 Å². The fraction of sp³-hybridized carbons (Fsp3) is 0.750. The van der Waals surface area contributed by atoms with Crippen LogP contribution in [0.5, 0.6) is 0 Å². The molecule has 4 heteroatoms. The standard InChI is InChI=1S/C24H39NO2S/c1-14(2)20-12-21(15(3)4)24(22(13-20)16(5)6)28(26,27)25-17(7)23-11-18-8-9-19(23)10-18/h12-19,23,25H,8-11H2,1-7H3/t17-,18+,19+,23+/m1/s1. The third kappa shape index (κ3) is 4.18. The second-order valence-electron chi connectivity index (χ2n) is 10.2. The topological polar surface area (TPSA) is 46.2 Å². The van der Waals surface area contributed by atoms with Gasteiger partial charge in [-0.3, -0.25) is 0 Å². The smallest absolute Gasteiger partial charge is 0.208 e. The molecule has 28 heavy (non-hydrogen) atoms. The zero-order valence-corrected chi connectivity index (χ0v) is 19.6. The van der Waals surface area contributed by atoms with Gasteiger partial charge in [0.2, 0.25) is 10.0 Å². The molecule has 4 atom stereocenters. The van der Waals surface area contributed by atoms with Gasteiger partial charge in [-0.2, -0.15) is 0 Å². The van der Waals surface area contributed by atoms with Gasteiger partial charge in [0.15, 0.2) is 0 Å². The van der Waals surface area contributed by atoms with Crippen molar-refractivity contribution in [1.29, 1.82) is 0 Å². The van der Waals surface area contributed by atoms with Gasteiger partial charge >= 0.3 is 0 Å². The number of nitrogens with one attached hydrogen (secondary N) is 1. The molecule has 1 N–H and O–H groups in total. The average Bonchev–Trinajstić information content (AvgIpc) is 3.23. The first-order valence-corrected chi connectivity index (χ1v) is 12.7. The summed E-state index contributed by atoms with van der Waals surface area (Å²) in [5.41, 5.74) is 3.15. The summed E-state index contributed by atoms with van der Waals surface area (Å²) in [6.45, 7) is 14.8. The fourth-order valence-electron chi connectivity index (χ4n) is 5.50. The number of hydrogen-bond donors (Lipinski definition) is 1. The van der Waals surface area contributed by atoms with Crippen LogP contribution < -0.4 is 4.72 Å². The summed E-state index contributed by atoms with van der Waals surface area (Å²) in [5.74, 6) is 2.74. The third-order valence-corrected chi connectivity index (χ3v) is 8.82. The molecule has 0 aromatic heterocycles. The zero-order chi connectivity index (χ0) is 20.8. The largest absolute Gasteiger partial charge is 0.241 e. The van der Waals surface area contributed by atoms with Crippen molar-refractivity contribution in [2.24, 2.45) is 17.8 Å². The molecule has 0 amide bonds. The van der Waals surface area contributed by atoms with Crippen LogP contribution in [0.15, 0.2) is 17.0 Å². The molecule has 0 unspecified atom stereocenters. The highest BCUT2D eigenvalue weighted by Gasteiger charge is 2.43. The summed E-state index contributed by atoms with van der Waals surface area (Å²) in [4.78, 5) is 0.539. The molecule has 2 aliphatic carbocycles. The van der Waals surface area contributed by atoms with E-state index in [0.717, 1.165) is 17.0 Å². The first kappa shape index (κ1) is 21.8. The highest BCUT2D eigenvalue weighted by Crippen LogP contribution is 2.49. The van der Waals surface area contributed by atoms with Crippen LogP contribution in [0.3, 0.4) is 0 Å². The Kier molecular flexibility index (Phi) is 6.32. The van der Waals surface area contributed by atoms with Gasteiger partial charge in [0.1, 0.15) is 0 Å². The molecule has 3 rings (SSSR count). The fourth-order valence-corrected chi connectivity index (χ4v) is 7.49. The highest BCUT2D eigenvalue weighted by molar-refractivity contribution is 7.89. The Labute approximate surface area is 172 Å². The normalized spacial score (nSPS) is 26.0. The molecule has 0 heterocycles. The second-order valence-corrected chi connectivity index (χ2v) is 11.9. The first-order chi connectivity index (χ1) is 13.0. The quantitative estimate of drug-likeness (QED) is 0.590. The van der Waals surface area contributed by atoms with E-state index in [1.165, 1.54) is 31.2 Å². The molecule has 3 nitrogen and oxygen atoms in total. The van der Waals surface area contributed by atoms with Gasteiger partial charge in [0.05, 0.1) is 4.90 Å². The number of rotatable bonds is 7. The summed E-state index contributed by atoms with van der Waals surface area (Å²) >= 11 is 0. The average molecular weight is 406 g/mol. The molecule has 0 radical (unpaired) electrons. The van der Waals surface area contributed by atoms with Gasteiger partial charge in [-0.05, 0) is 78.4 Å². The van der Waals surface area contributed by atoms with E-state index in [2.05, 4.69) is 65.3 Å². The summed E-state index contributed by atoms with van der Waals surface area (Å²) < 4.78 is 30.4. The van der Waals surface area contributed by atoms with Crippen molar-refractivity contribution in [3.8, 4) is 0 Å². The minimum atomic E-state index is -3.56. The summed E-state index contributed by atoms with van der Waals surface area (Å²) in [6.07, 6.45) is 5.11. The molecule has 2 bridgehead atoms. The lowest BCUT2D eigenvalue weighted by Crippen LogP contribution is -2.40. The van der Waals surface area contributed by atoms with E-state index < -0.39 is 10.0 Å². The van der Waals surface area contributed by atoms with Crippen LogP contribution in [-0.2, 0) is 10.0 Å². The molecule has 158 valence electrons. The minimum absolute atomic E-state index is 0.00472. The van der Waals surface area contributed by atoms with Crippen LogP contribution in [0.2, 0.25) is 0 Å². The predicted octanol–water partition coefficient (Wildman–Crippen LogP) is 6.16. The number of sulfonamides is 1. The Morgan fingerprint density at radius 1 is 0.857 bits per heavy atom. The predicted molar refractivity (Wildman–Crippen MR) is 117 cm³/mol. The molecule has 0 aliphatic heterocycles. The molecular weight excluding hydrogens is 366 g/mol. The van der Waals surface area contributed by atoms with Crippen molar-refractivity contribution in [1.82, 2.24) is 4.72 Å². The third-order valence-electron chi connectivity index (χ3n) is 7.12. The maximum Gasteiger partial charge on any atom is 0.241 e. The van der Waals surface area contributed by atoms with E-state index >= 15 is 0 Å². The Morgan fingerprint density at radius 2 is 1.43 bits per heavy atom. The van der Waals surface area contributed by atoms with Crippen molar-refractivity contribution in [3.05, 3.63) is 28.8 Å². The summed E-state index contributed by atoms with van der Waals surface area (Å²) in [6, 6.07) is 4.25. The van der Waals surface area contributed by atoms with Crippen molar-refractivity contribution in [2.75, 3.05) is 0 Å². The monoisotopic (exact) mass is 405 g/mol. The molecular formula is C24H39NO2S. The molecule has 2 fully saturated rings. The summed E-state index contributed by atoms with van der Waals surface area (Å²) in [7, 11) is -3.56. The number of benzene rings is 1. The Morgan fingerprint density at radius 3 is 1.82 bits per heavy atom. The van der Waals surface area contributed by atoms with Crippen LogP contribution in [0.1, 0.15) is 109 Å². The van der Waals surface area contributed by atoms with Crippen molar-refractivity contribution in [2.45, 2.75) is 103 Å². The van der Waals surface area contributed by atoms with Crippen molar-refractivity contribution < 1.29 is 8.42 Å². The van der Waals surface area contributed by atoms with E-state index in [9.17, 15) is 8.42 Å². The van der Waals surface area contributed by atoms with Crippen LogP contribution >= 0.6 is 0 Å². The molecule has 0 spiro atoms. The van der Waals surface area contributed by atoms with E-state index in [4.69, 9.17) is 0 Å². The van der Waals surface area contributed by atoms with E-state index in [1.54, 1.807) is 0 Å². The SMILES string of the molecule is CC(C)c1cc(C(C)C)c(S(=O)(=O)N[C@H](C)[C@@H]2C[C@H]3CC[C@H]2C3)c(C(C)C)c1. The zero-order valence-electron chi connectivity index (χ0n) is 18.7. The highest BCUT2D eigenvalue weighted by atomic mass is 32.2. The van der Waals surface area contributed by atoms with Gasteiger partial charge in [0, 0.05) is 6.04 Å². The van der Waals surface area contributed by atoms with Crippen LogP contribution in [0.25, 0.3) is 0 Å². The molecule has 2 saturated carbocycles. The lowest BCUT2D eigenvalue weighted by Gasteiger charge is -2.30. The summed E-state index contributed by atoms with van der Waals surface area (Å²) in [5, 5.41) is 0. The molecule has 1 aromatic carbocycles. The van der Waals surface area contributed by atoms with Gasteiger partial charge in [-0.1, -0.05) is 60.1 Å². The minimum Gasteiger partial charge on any atom is -0.208 e. The van der Waals surface area contributed by atoms with Crippen molar-refractivity contribution >= 4 is 10.0 Å². The van der Waals surface area contributed by atoms with E-state index in [1.807, 2.05) is 0 Å². The second kappa shape index (κ2) is 8.10. The lowest BCUT2D eigenvalue weighted by molar-refractivity contribution is 0.280. The van der Waals surface area contributed by atoms with E-state index in [0.29, 0.717) is 22.6 Å². The van der Waals surface area contributed by atoms with Crippen molar-refractivity contribution in [3.63, 3.8) is 0 Å². The maximum absolute atomic E-state index is 13.6. The number of hydrogen-bond acceptors (Lipinski definition) is 2. The Hall–Kier alpha value is -0.870. The van der Waals surface area contributed by atoms with Gasteiger partial charge < -0.3 is 0 Å². The molecule has 0 saturated heterocycles.